The maximum Gasteiger partial charge on any atom is 0.419 e. The lowest BCUT2D eigenvalue weighted by Crippen LogP contribution is -2.11. The second-order valence-corrected chi connectivity index (χ2v) is 9.64. The number of alkyl halides is 6. The van der Waals surface area contributed by atoms with Crippen LogP contribution in [0.4, 0.5) is 26.3 Å². The van der Waals surface area contributed by atoms with Gasteiger partial charge >= 0.3 is 12.4 Å². The predicted octanol–water partition coefficient (Wildman–Crippen LogP) is 9.49. The molecular weight excluding hydrogens is 526 g/mol. The smallest absolute Gasteiger partial charge is 0.419 e. The number of aromatic nitrogens is 2. The predicted molar refractivity (Wildman–Crippen MR) is 134 cm³/mol. The van der Waals surface area contributed by atoms with E-state index in [0.717, 1.165) is 25.7 Å². The molecule has 0 saturated carbocycles. The number of ether oxygens (including phenoxy) is 1. The summed E-state index contributed by atoms with van der Waals surface area (Å²) in [6.07, 6.45) is -9.82. The second kappa shape index (κ2) is 8.70. The molecule has 190 valence electrons. The van der Waals surface area contributed by atoms with E-state index < -0.39 is 29.2 Å². The van der Waals surface area contributed by atoms with E-state index in [1.54, 1.807) is 12.1 Å². The Morgan fingerprint density at radius 1 is 0.632 bits per heavy atom. The van der Waals surface area contributed by atoms with Gasteiger partial charge in [0, 0.05) is 15.5 Å². The first-order valence-electron chi connectivity index (χ1n) is 11.2. The molecule has 38 heavy (non-hydrogen) atoms. The summed E-state index contributed by atoms with van der Waals surface area (Å²) in [5.74, 6) is -1.34. The van der Waals surface area contributed by atoms with Crippen LogP contribution in [0.25, 0.3) is 42.2 Å². The molecule has 0 radical (unpaired) electrons. The van der Waals surface area contributed by atoms with E-state index in [-0.39, 0.29) is 5.88 Å². The first kappa shape index (κ1) is 24.2. The van der Waals surface area contributed by atoms with Crippen LogP contribution in [0.15, 0.2) is 84.9 Å². The first-order valence-corrected chi connectivity index (χ1v) is 12.0. The Bertz CT molecular complexity index is 1810. The average molecular weight is 540 g/mol. The molecule has 0 bridgehead atoms. The van der Waals surface area contributed by atoms with Gasteiger partial charge < -0.3 is 4.74 Å². The maximum atomic E-state index is 13.7. The van der Waals surface area contributed by atoms with Crippen LogP contribution >= 0.6 is 11.3 Å². The number of rotatable bonds is 3. The van der Waals surface area contributed by atoms with Gasteiger partial charge in [0.05, 0.1) is 16.0 Å². The molecule has 0 spiro atoms. The van der Waals surface area contributed by atoms with E-state index >= 15 is 0 Å². The minimum atomic E-state index is -4.95. The van der Waals surface area contributed by atoms with Crippen LogP contribution in [0.2, 0.25) is 0 Å². The van der Waals surface area contributed by atoms with E-state index in [9.17, 15) is 26.3 Å². The highest BCUT2D eigenvalue weighted by Gasteiger charge is 2.38. The van der Waals surface area contributed by atoms with Crippen molar-refractivity contribution in [2.75, 3.05) is 0 Å². The fourth-order valence-corrected chi connectivity index (χ4v) is 5.36. The quantitative estimate of drug-likeness (QED) is 0.166. The number of nitrogens with zero attached hydrogens (tertiary/aromatic N) is 2. The lowest BCUT2D eigenvalue weighted by atomic mass is 10.0. The van der Waals surface area contributed by atoms with Crippen LogP contribution in [-0.2, 0) is 12.4 Å². The summed E-state index contributed by atoms with van der Waals surface area (Å²) in [5, 5.41) is 11.8. The lowest BCUT2D eigenvalue weighted by Gasteiger charge is -2.17. The molecule has 2 heterocycles. The molecule has 6 rings (SSSR count). The van der Waals surface area contributed by atoms with Crippen molar-refractivity contribution in [2.24, 2.45) is 0 Å². The Morgan fingerprint density at radius 3 is 1.95 bits per heavy atom. The summed E-state index contributed by atoms with van der Waals surface area (Å²) in [4.78, 5) is 0.778. The van der Waals surface area contributed by atoms with Gasteiger partial charge in [0.15, 0.2) is 0 Å². The van der Waals surface area contributed by atoms with Gasteiger partial charge in [-0.3, -0.25) is 0 Å². The van der Waals surface area contributed by atoms with Gasteiger partial charge in [-0.05, 0) is 58.6 Å². The van der Waals surface area contributed by atoms with Crippen molar-refractivity contribution < 1.29 is 31.1 Å². The molecule has 0 aliphatic rings. The summed E-state index contributed by atoms with van der Waals surface area (Å²) in [6, 6.07) is 21.5. The Hall–Kier alpha value is -4.18. The normalized spacial score (nSPS) is 12.5. The zero-order valence-electron chi connectivity index (χ0n) is 19.1. The van der Waals surface area contributed by atoms with E-state index in [1.807, 2.05) is 54.6 Å². The fraction of sp³-hybridized carbons (Fsp3) is 0.0714. The fourth-order valence-electron chi connectivity index (χ4n) is 4.29. The molecule has 0 atom stereocenters. The third-order valence-electron chi connectivity index (χ3n) is 6.09. The number of hydrogen-bond donors (Lipinski definition) is 0. The van der Waals surface area contributed by atoms with E-state index in [1.165, 1.54) is 11.3 Å². The molecule has 0 amide bonds. The Morgan fingerprint density at radius 2 is 1.29 bits per heavy atom. The molecule has 0 fully saturated rings. The van der Waals surface area contributed by atoms with Crippen molar-refractivity contribution in [3.8, 4) is 22.2 Å². The minimum Gasteiger partial charge on any atom is -0.436 e. The van der Waals surface area contributed by atoms with Crippen molar-refractivity contribution >= 4 is 43.0 Å². The van der Waals surface area contributed by atoms with Gasteiger partial charge in [0.2, 0.25) is 5.88 Å². The summed E-state index contributed by atoms with van der Waals surface area (Å²) in [6.45, 7) is 0. The van der Waals surface area contributed by atoms with E-state index in [2.05, 4.69) is 10.2 Å². The zero-order valence-corrected chi connectivity index (χ0v) is 19.9. The number of hydrogen-bond acceptors (Lipinski definition) is 4. The SMILES string of the molecule is FC(F)(F)c1ccc(C(F)(F)F)c(Oc2nnc(-c3cc4ccccc4s3)c3cc4ccccc4cc23)c1. The summed E-state index contributed by atoms with van der Waals surface area (Å²) in [5.41, 5.74) is -2.14. The molecule has 0 N–H and O–H groups in total. The molecule has 10 heteroatoms. The maximum absolute atomic E-state index is 13.7. The molecule has 6 aromatic rings. The average Bonchev–Trinajstić information content (AvgIpc) is 3.30. The zero-order chi connectivity index (χ0) is 26.7. The molecule has 0 aliphatic heterocycles. The molecule has 0 unspecified atom stereocenters. The second-order valence-electron chi connectivity index (χ2n) is 8.56. The van der Waals surface area contributed by atoms with Crippen LogP contribution in [0.5, 0.6) is 11.6 Å². The largest absolute Gasteiger partial charge is 0.436 e. The minimum absolute atomic E-state index is 0.316. The van der Waals surface area contributed by atoms with Crippen LogP contribution in [0.1, 0.15) is 11.1 Å². The first-order chi connectivity index (χ1) is 18.1. The Balaban J connectivity index is 1.58. The Labute approximate surface area is 214 Å². The van der Waals surface area contributed by atoms with Crippen molar-refractivity contribution in [3.63, 3.8) is 0 Å². The highest BCUT2D eigenvalue weighted by atomic mass is 32.1. The van der Waals surface area contributed by atoms with E-state index in [4.69, 9.17) is 4.74 Å². The van der Waals surface area contributed by atoms with Crippen molar-refractivity contribution in [1.29, 1.82) is 0 Å². The molecule has 0 saturated heterocycles. The van der Waals surface area contributed by atoms with Crippen LogP contribution in [0, 0.1) is 0 Å². The topological polar surface area (TPSA) is 35.0 Å². The number of thiophene rings is 1. The molecule has 3 nitrogen and oxygen atoms in total. The van der Waals surface area contributed by atoms with Crippen molar-refractivity contribution in [1.82, 2.24) is 10.2 Å². The van der Waals surface area contributed by atoms with E-state index in [0.29, 0.717) is 34.7 Å². The molecule has 4 aromatic carbocycles. The highest BCUT2D eigenvalue weighted by Crippen LogP contribution is 2.44. The lowest BCUT2D eigenvalue weighted by molar-refractivity contribution is -0.142. The third-order valence-corrected chi connectivity index (χ3v) is 7.21. The van der Waals surface area contributed by atoms with Gasteiger partial charge in [-0.15, -0.1) is 21.5 Å². The van der Waals surface area contributed by atoms with Gasteiger partial charge in [-0.2, -0.15) is 26.3 Å². The van der Waals surface area contributed by atoms with Crippen molar-refractivity contribution in [3.05, 3.63) is 96.1 Å². The molecule has 2 aromatic heterocycles. The van der Waals surface area contributed by atoms with Gasteiger partial charge in [-0.1, -0.05) is 42.5 Å². The molecule has 0 aliphatic carbocycles. The standard InChI is InChI=1S/C28H14F6N2OS/c29-27(30,31)18-9-10-21(28(32,33)34)22(14-18)37-26-20-12-16-6-2-1-5-15(16)11-19(20)25(35-36-26)24-13-17-7-3-4-8-23(17)38-24/h1-14H. The van der Waals surface area contributed by atoms with Crippen LogP contribution in [0.3, 0.4) is 0 Å². The summed E-state index contributed by atoms with van der Waals surface area (Å²) < 4.78 is 87.6. The van der Waals surface area contributed by atoms with Gasteiger partial charge in [-0.25, -0.2) is 0 Å². The van der Waals surface area contributed by atoms with Crippen LogP contribution < -0.4 is 4.74 Å². The summed E-state index contributed by atoms with van der Waals surface area (Å²) >= 11 is 1.47. The Kier molecular flexibility index (Phi) is 5.53. The van der Waals surface area contributed by atoms with Crippen LogP contribution in [-0.4, -0.2) is 10.2 Å². The van der Waals surface area contributed by atoms with Gasteiger partial charge in [0.1, 0.15) is 11.4 Å². The monoisotopic (exact) mass is 540 g/mol. The third kappa shape index (κ3) is 4.30. The molecular formula is C28H14F6N2OS. The number of halogens is 6. The van der Waals surface area contributed by atoms with Crippen molar-refractivity contribution in [2.45, 2.75) is 12.4 Å². The highest BCUT2D eigenvalue weighted by molar-refractivity contribution is 7.22. The summed E-state index contributed by atoms with van der Waals surface area (Å²) in [7, 11) is 0. The number of fused-ring (bicyclic) bond motifs is 3. The number of benzene rings is 4. The van der Waals surface area contributed by atoms with Gasteiger partial charge in [0.25, 0.3) is 0 Å².